The van der Waals surface area contributed by atoms with Gasteiger partial charge in [0.15, 0.2) is 5.65 Å². The van der Waals surface area contributed by atoms with Gasteiger partial charge in [-0.3, -0.25) is 4.79 Å². The normalized spacial score (nSPS) is 15.6. The average molecular weight is 394 g/mol. The van der Waals surface area contributed by atoms with E-state index in [1.54, 1.807) is 6.20 Å². The Morgan fingerprint density at radius 1 is 1.21 bits per heavy atom. The first kappa shape index (κ1) is 17.3. The van der Waals surface area contributed by atoms with Crippen LogP contribution in [-0.4, -0.2) is 43.4 Å². The van der Waals surface area contributed by atoms with Gasteiger partial charge in [-0.05, 0) is 56.2 Å². The Bertz CT molecular complexity index is 1190. The van der Waals surface area contributed by atoms with E-state index < -0.39 is 0 Å². The third kappa shape index (κ3) is 2.85. The van der Waals surface area contributed by atoms with Crippen molar-refractivity contribution in [2.45, 2.75) is 25.8 Å². The Hall–Kier alpha value is -2.86. The van der Waals surface area contributed by atoms with Crippen molar-refractivity contribution in [1.82, 2.24) is 24.4 Å². The van der Waals surface area contributed by atoms with E-state index in [1.165, 1.54) is 0 Å². The predicted molar refractivity (Wildman–Crippen MR) is 110 cm³/mol. The number of hydrogen-bond acceptors (Lipinski definition) is 3. The lowest BCUT2D eigenvalue weighted by atomic mass is 10.0. The molecule has 0 radical (unpaired) electrons. The maximum atomic E-state index is 13.0. The zero-order valence-electron chi connectivity index (χ0n) is 15.5. The molecule has 0 bridgehead atoms. The Morgan fingerprint density at radius 2 is 2.04 bits per heavy atom. The van der Waals surface area contributed by atoms with Gasteiger partial charge in [0.2, 0.25) is 0 Å². The zero-order chi connectivity index (χ0) is 19.3. The minimum absolute atomic E-state index is 0.0381. The molecule has 1 aliphatic rings. The third-order valence-corrected chi connectivity index (χ3v) is 5.79. The van der Waals surface area contributed by atoms with E-state index in [9.17, 15) is 4.79 Å². The van der Waals surface area contributed by atoms with E-state index >= 15 is 0 Å². The number of imidazole rings is 1. The number of rotatable bonds is 2. The fourth-order valence-electron chi connectivity index (χ4n) is 4.20. The van der Waals surface area contributed by atoms with Gasteiger partial charge in [-0.25, -0.2) is 9.97 Å². The van der Waals surface area contributed by atoms with Crippen LogP contribution in [0.15, 0.2) is 42.6 Å². The van der Waals surface area contributed by atoms with Crippen LogP contribution in [0.4, 0.5) is 0 Å². The average Bonchev–Trinajstić information content (AvgIpc) is 3.27. The lowest BCUT2D eigenvalue weighted by Crippen LogP contribution is -2.39. The summed E-state index contributed by atoms with van der Waals surface area (Å²) in [4.78, 5) is 27.2. The summed E-state index contributed by atoms with van der Waals surface area (Å²) < 4.78 is 2.22. The summed E-state index contributed by atoms with van der Waals surface area (Å²) in [6.45, 7) is 3.45. The molecule has 1 fully saturated rings. The number of likely N-dealkylation sites (tertiary alicyclic amines) is 1. The van der Waals surface area contributed by atoms with Crippen LogP contribution < -0.4 is 0 Å². The van der Waals surface area contributed by atoms with Gasteiger partial charge in [0, 0.05) is 41.3 Å². The number of fused-ring (bicyclic) bond motifs is 2. The van der Waals surface area contributed by atoms with Crippen LogP contribution >= 0.6 is 11.6 Å². The molecule has 142 valence electrons. The van der Waals surface area contributed by atoms with Crippen LogP contribution in [0.5, 0.6) is 0 Å². The topological polar surface area (TPSA) is 66.8 Å². The maximum absolute atomic E-state index is 13.0. The molecule has 0 atom stereocenters. The molecule has 0 spiro atoms. The first-order chi connectivity index (χ1) is 13.6. The number of H-pyrrole nitrogens is 1. The molecule has 3 aromatic heterocycles. The number of amides is 1. The Kier molecular flexibility index (Phi) is 4.09. The molecular weight excluding hydrogens is 374 g/mol. The summed E-state index contributed by atoms with van der Waals surface area (Å²) in [6, 6.07) is 11.7. The van der Waals surface area contributed by atoms with Gasteiger partial charge < -0.3 is 14.5 Å². The van der Waals surface area contributed by atoms with Crippen LogP contribution in [0.1, 0.15) is 35.2 Å². The van der Waals surface area contributed by atoms with Crippen LogP contribution in [0.3, 0.4) is 0 Å². The van der Waals surface area contributed by atoms with Gasteiger partial charge in [0.1, 0.15) is 17.0 Å². The van der Waals surface area contributed by atoms with Crippen LogP contribution in [0.2, 0.25) is 5.02 Å². The lowest BCUT2D eigenvalue weighted by Gasteiger charge is -2.33. The second-order valence-electron chi connectivity index (χ2n) is 7.31. The molecule has 5 rings (SSSR count). The Labute approximate surface area is 167 Å². The zero-order valence-corrected chi connectivity index (χ0v) is 16.3. The monoisotopic (exact) mass is 393 g/mol. The summed E-state index contributed by atoms with van der Waals surface area (Å²) in [6.07, 6.45) is 3.59. The summed E-state index contributed by atoms with van der Waals surface area (Å²) in [5, 5.41) is 1.63. The van der Waals surface area contributed by atoms with Crippen molar-refractivity contribution in [2.24, 2.45) is 0 Å². The minimum atomic E-state index is 0.0381. The molecule has 1 aromatic carbocycles. The Morgan fingerprint density at radius 3 is 2.86 bits per heavy atom. The number of benzene rings is 1. The molecule has 0 aliphatic carbocycles. The van der Waals surface area contributed by atoms with Gasteiger partial charge in [-0.2, -0.15) is 0 Å². The number of carbonyl (C=O) groups is 1. The highest BCUT2D eigenvalue weighted by Crippen LogP contribution is 2.29. The number of nitrogens with zero attached hydrogens (tertiary/aromatic N) is 4. The number of piperidine rings is 1. The highest BCUT2D eigenvalue weighted by Gasteiger charge is 2.27. The van der Waals surface area contributed by atoms with Crippen molar-refractivity contribution < 1.29 is 4.79 Å². The van der Waals surface area contributed by atoms with Crippen molar-refractivity contribution >= 4 is 39.6 Å². The summed E-state index contributed by atoms with van der Waals surface area (Å²) >= 11 is 6.05. The molecule has 0 unspecified atom stereocenters. The molecule has 1 N–H and O–H groups in total. The van der Waals surface area contributed by atoms with Crippen molar-refractivity contribution in [2.75, 3.05) is 13.1 Å². The highest BCUT2D eigenvalue weighted by atomic mass is 35.5. The number of halogens is 1. The first-order valence-corrected chi connectivity index (χ1v) is 9.85. The number of carbonyl (C=O) groups excluding carboxylic acids is 1. The molecular formula is C21H20ClN5O. The van der Waals surface area contributed by atoms with Gasteiger partial charge in [-0.15, -0.1) is 0 Å². The summed E-state index contributed by atoms with van der Waals surface area (Å²) in [5.74, 6) is 1.02. The van der Waals surface area contributed by atoms with Crippen LogP contribution in [0.25, 0.3) is 22.1 Å². The SMILES string of the molecule is Cc1nc2cccnc2n1C1CCN(C(=O)c2cc3cc(Cl)ccc3[nH]2)CC1. The number of aromatic amines is 1. The quantitative estimate of drug-likeness (QED) is 0.550. The van der Waals surface area contributed by atoms with Gasteiger partial charge in [0.25, 0.3) is 5.91 Å². The van der Waals surface area contributed by atoms with E-state index in [0.717, 1.165) is 40.7 Å². The smallest absolute Gasteiger partial charge is 0.270 e. The van der Waals surface area contributed by atoms with E-state index in [-0.39, 0.29) is 5.91 Å². The standard InChI is InChI=1S/C21H20ClN5O/c1-13-24-18-3-2-8-23-20(18)27(13)16-6-9-26(10-7-16)21(28)19-12-14-11-15(22)4-5-17(14)25-19/h2-5,8,11-12,16,25H,6-7,9-10H2,1H3. The van der Waals surface area contributed by atoms with Gasteiger partial charge in [-0.1, -0.05) is 11.6 Å². The number of hydrogen-bond donors (Lipinski definition) is 1. The minimum Gasteiger partial charge on any atom is -0.351 e. The Balaban J connectivity index is 1.34. The van der Waals surface area contributed by atoms with E-state index in [1.807, 2.05) is 48.2 Å². The second-order valence-corrected chi connectivity index (χ2v) is 7.75. The number of pyridine rings is 1. The molecule has 1 amide bonds. The van der Waals surface area contributed by atoms with Gasteiger partial charge >= 0.3 is 0 Å². The van der Waals surface area contributed by atoms with E-state index in [2.05, 4.69) is 19.5 Å². The second kappa shape index (κ2) is 6.63. The molecule has 1 saturated heterocycles. The van der Waals surface area contributed by atoms with E-state index in [4.69, 9.17) is 11.6 Å². The van der Waals surface area contributed by atoms with Crippen LogP contribution in [-0.2, 0) is 0 Å². The van der Waals surface area contributed by atoms with Crippen molar-refractivity contribution in [1.29, 1.82) is 0 Å². The third-order valence-electron chi connectivity index (χ3n) is 5.56. The molecule has 28 heavy (non-hydrogen) atoms. The molecule has 4 heterocycles. The highest BCUT2D eigenvalue weighted by molar-refractivity contribution is 6.31. The van der Waals surface area contributed by atoms with Gasteiger partial charge in [0.05, 0.1) is 0 Å². The fourth-order valence-corrected chi connectivity index (χ4v) is 4.38. The fraction of sp³-hybridized carbons (Fsp3) is 0.286. The van der Waals surface area contributed by atoms with E-state index in [0.29, 0.717) is 29.8 Å². The lowest BCUT2D eigenvalue weighted by molar-refractivity contribution is 0.0690. The number of nitrogens with one attached hydrogen (secondary N) is 1. The van der Waals surface area contributed by atoms with Crippen molar-refractivity contribution in [3.63, 3.8) is 0 Å². The molecule has 7 heteroatoms. The van der Waals surface area contributed by atoms with Crippen molar-refractivity contribution in [3.8, 4) is 0 Å². The number of aromatic nitrogens is 4. The molecule has 1 aliphatic heterocycles. The predicted octanol–water partition coefficient (Wildman–Crippen LogP) is 4.35. The van der Waals surface area contributed by atoms with Crippen molar-refractivity contribution in [3.05, 3.63) is 59.1 Å². The first-order valence-electron chi connectivity index (χ1n) is 9.47. The summed E-state index contributed by atoms with van der Waals surface area (Å²) in [7, 11) is 0. The largest absolute Gasteiger partial charge is 0.351 e. The molecule has 0 saturated carbocycles. The number of aryl methyl sites for hydroxylation is 1. The van der Waals surface area contributed by atoms with Crippen LogP contribution in [0, 0.1) is 6.92 Å². The maximum Gasteiger partial charge on any atom is 0.270 e. The summed E-state index contributed by atoms with van der Waals surface area (Å²) in [5.41, 5.74) is 3.39. The molecule has 6 nitrogen and oxygen atoms in total. The molecule has 4 aromatic rings.